The number of carbonyl (C=O) groups excluding carboxylic acids is 2. The first kappa shape index (κ1) is 15.9. The quantitative estimate of drug-likeness (QED) is 0.895. The third-order valence-electron chi connectivity index (χ3n) is 4.93. The molecule has 128 valence electrons. The van der Waals surface area contributed by atoms with Gasteiger partial charge in [-0.2, -0.15) is 0 Å². The molecule has 2 aliphatic rings. The van der Waals surface area contributed by atoms with Crippen LogP contribution < -0.4 is 10.6 Å². The van der Waals surface area contributed by atoms with Crippen LogP contribution in [0.4, 0.5) is 5.69 Å². The molecule has 2 amide bonds. The van der Waals surface area contributed by atoms with Crippen LogP contribution in [-0.4, -0.2) is 17.9 Å². The predicted octanol–water partition coefficient (Wildman–Crippen LogP) is 3.71. The first-order chi connectivity index (χ1) is 12.2. The van der Waals surface area contributed by atoms with Gasteiger partial charge < -0.3 is 10.6 Å². The summed E-state index contributed by atoms with van der Waals surface area (Å²) in [5, 5.41) is 5.87. The summed E-state index contributed by atoms with van der Waals surface area (Å²) in [6, 6.07) is 13.4. The maximum atomic E-state index is 12.5. The fourth-order valence-electron chi connectivity index (χ4n) is 3.28. The summed E-state index contributed by atoms with van der Waals surface area (Å²) in [5.41, 5.74) is 4.68. The topological polar surface area (TPSA) is 58.2 Å². The first-order valence-electron chi connectivity index (χ1n) is 9.03. The number of fused-ring (bicyclic) bond motifs is 1. The average molecular weight is 334 g/mol. The summed E-state index contributed by atoms with van der Waals surface area (Å²) in [7, 11) is 0. The van der Waals surface area contributed by atoms with Gasteiger partial charge in [0.1, 0.15) is 0 Å². The molecule has 0 unspecified atom stereocenters. The SMILES string of the molecule is O=C(Nc1ccc(C(=O)NC2CC2)cc1)c1ccc2c(c1)CCCC2. The van der Waals surface area contributed by atoms with Crippen LogP contribution >= 0.6 is 0 Å². The molecule has 0 atom stereocenters. The molecule has 2 aromatic carbocycles. The average Bonchev–Trinajstić information content (AvgIpc) is 3.46. The Morgan fingerprint density at radius 2 is 1.48 bits per heavy atom. The maximum Gasteiger partial charge on any atom is 0.255 e. The van der Waals surface area contributed by atoms with Crippen molar-refractivity contribution in [1.82, 2.24) is 5.32 Å². The molecule has 0 heterocycles. The Balaban J connectivity index is 1.42. The molecular weight excluding hydrogens is 312 g/mol. The number of anilines is 1. The number of rotatable bonds is 4. The molecule has 4 rings (SSSR count). The van der Waals surface area contributed by atoms with E-state index in [2.05, 4.69) is 16.7 Å². The van der Waals surface area contributed by atoms with E-state index in [0.29, 0.717) is 22.9 Å². The van der Waals surface area contributed by atoms with Gasteiger partial charge in [0.2, 0.25) is 0 Å². The van der Waals surface area contributed by atoms with Gasteiger partial charge in [-0.1, -0.05) is 6.07 Å². The minimum absolute atomic E-state index is 0.0462. The minimum Gasteiger partial charge on any atom is -0.349 e. The number of hydrogen-bond acceptors (Lipinski definition) is 2. The lowest BCUT2D eigenvalue weighted by atomic mass is 9.90. The van der Waals surface area contributed by atoms with Crippen molar-refractivity contribution in [1.29, 1.82) is 0 Å². The van der Waals surface area contributed by atoms with Gasteiger partial charge in [0.15, 0.2) is 0 Å². The number of benzene rings is 2. The fraction of sp³-hybridized carbons (Fsp3) is 0.333. The lowest BCUT2D eigenvalue weighted by Gasteiger charge is -2.16. The Bertz CT molecular complexity index is 807. The second kappa shape index (κ2) is 6.71. The van der Waals surface area contributed by atoms with Crippen molar-refractivity contribution in [2.24, 2.45) is 0 Å². The number of aryl methyl sites for hydroxylation is 2. The van der Waals surface area contributed by atoms with Crippen molar-refractivity contribution in [2.75, 3.05) is 5.32 Å². The van der Waals surface area contributed by atoms with Gasteiger partial charge in [-0.15, -0.1) is 0 Å². The maximum absolute atomic E-state index is 12.5. The van der Waals surface area contributed by atoms with Crippen molar-refractivity contribution in [3.8, 4) is 0 Å². The fourth-order valence-corrected chi connectivity index (χ4v) is 3.28. The highest BCUT2D eigenvalue weighted by molar-refractivity contribution is 6.04. The van der Waals surface area contributed by atoms with Gasteiger partial charge in [-0.05, 0) is 86.1 Å². The number of nitrogens with one attached hydrogen (secondary N) is 2. The summed E-state index contributed by atoms with van der Waals surface area (Å²) >= 11 is 0. The molecular formula is C21H22N2O2. The Hall–Kier alpha value is -2.62. The summed E-state index contributed by atoms with van der Waals surface area (Å²) in [6.45, 7) is 0. The highest BCUT2D eigenvalue weighted by Crippen LogP contribution is 2.23. The van der Waals surface area contributed by atoms with Gasteiger partial charge in [-0.25, -0.2) is 0 Å². The molecule has 0 spiro atoms. The second-order valence-corrected chi connectivity index (χ2v) is 6.97. The van der Waals surface area contributed by atoms with Crippen molar-refractivity contribution >= 4 is 17.5 Å². The number of carbonyl (C=O) groups is 2. The van der Waals surface area contributed by atoms with E-state index in [1.54, 1.807) is 24.3 Å². The molecule has 4 nitrogen and oxygen atoms in total. The van der Waals surface area contributed by atoms with Gasteiger partial charge >= 0.3 is 0 Å². The monoisotopic (exact) mass is 334 g/mol. The van der Waals surface area contributed by atoms with Crippen molar-refractivity contribution in [3.05, 3.63) is 64.7 Å². The van der Waals surface area contributed by atoms with Crippen LogP contribution in [0.3, 0.4) is 0 Å². The molecule has 2 aromatic rings. The number of amides is 2. The van der Waals surface area contributed by atoms with Crippen LogP contribution in [0.5, 0.6) is 0 Å². The van der Waals surface area contributed by atoms with E-state index in [9.17, 15) is 9.59 Å². The zero-order valence-corrected chi connectivity index (χ0v) is 14.2. The molecule has 0 aromatic heterocycles. The lowest BCUT2D eigenvalue weighted by molar-refractivity contribution is 0.0950. The number of hydrogen-bond donors (Lipinski definition) is 2. The molecule has 25 heavy (non-hydrogen) atoms. The molecule has 2 aliphatic carbocycles. The normalized spacial score (nSPS) is 16.0. The standard InChI is InChI=1S/C21H22N2O2/c24-20(22-19-11-12-19)15-7-9-18(10-8-15)23-21(25)17-6-5-14-3-1-2-4-16(14)13-17/h5-10,13,19H,1-4,11-12H2,(H,22,24)(H,23,25). The van der Waals surface area contributed by atoms with Crippen LogP contribution in [0.15, 0.2) is 42.5 Å². The van der Waals surface area contributed by atoms with E-state index in [0.717, 1.165) is 25.7 Å². The molecule has 0 saturated heterocycles. The third-order valence-corrected chi connectivity index (χ3v) is 4.93. The molecule has 1 fully saturated rings. The van der Waals surface area contributed by atoms with E-state index in [4.69, 9.17) is 0 Å². The molecule has 0 radical (unpaired) electrons. The zero-order chi connectivity index (χ0) is 17.2. The van der Waals surface area contributed by atoms with E-state index in [1.165, 1.54) is 24.0 Å². The Labute approximate surface area is 147 Å². The van der Waals surface area contributed by atoms with E-state index in [-0.39, 0.29) is 11.8 Å². The van der Waals surface area contributed by atoms with Crippen molar-refractivity contribution < 1.29 is 9.59 Å². The molecule has 0 bridgehead atoms. The highest BCUT2D eigenvalue weighted by atomic mass is 16.2. The van der Waals surface area contributed by atoms with Crippen molar-refractivity contribution in [3.63, 3.8) is 0 Å². The molecule has 0 aliphatic heterocycles. The Kier molecular flexibility index (Phi) is 4.26. The van der Waals surface area contributed by atoms with Gasteiger partial charge in [-0.3, -0.25) is 9.59 Å². The summed E-state index contributed by atoms with van der Waals surface area (Å²) in [5.74, 6) is -0.154. The third kappa shape index (κ3) is 3.73. The summed E-state index contributed by atoms with van der Waals surface area (Å²) in [6.07, 6.45) is 6.74. The van der Waals surface area contributed by atoms with Crippen LogP contribution in [-0.2, 0) is 12.8 Å². The van der Waals surface area contributed by atoms with Crippen LogP contribution in [0, 0.1) is 0 Å². The summed E-state index contributed by atoms with van der Waals surface area (Å²) < 4.78 is 0. The summed E-state index contributed by atoms with van der Waals surface area (Å²) in [4.78, 5) is 24.5. The van der Waals surface area contributed by atoms with Crippen molar-refractivity contribution in [2.45, 2.75) is 44.6 Å². The Morgan fingerprint density at radius 3 is 2.20 bits per heavy atom. The van der Waals surface area contributed by atoms with E-state index >= 15 is 0 Å². The lowest BCUT2D eigenvalue weighted by Crippen LogP contribution is -2.25. The van der Waals surface area contributed by atoms with Gasteiger partial charge in [0.25, 0.3) is 11.8 Å². The van der Waals surface area contributed by atoms with Gasteiger partial charge in [0.05, 0.1) is 0 Å². The Morgan fingerprint density at radius 1 is 0.800 bits per heavy atom. The first-order valence-corrected chi connectivity index (χ1v) is 9.03. The van der Waals surface area contributed by atoms with Gasteiger partial charge in [0, 0.05) is 22.9 Å². The van der Waals surface area contributed by atoms with Crippen LogP contribution in [0.2, 0.25) is 0 Å². The molecule has 1 saturated carbocycles. The molecule has 4 heteroatoms. The van der Waals surface area contributed by atoms with Crippen LogP contribution in [0.25, 0.3) is 0 Å². The second-order valence-electron chi connectivity index (χ2n) is 6.97. The minimum atomic E-state index is -0.108. The van der Waals surface area contributed by atoms with E-state index in [1.807, 2.05) is 12.1 Å². The highest BCUT2D eigenvalue weighted by Gasteiger charge is 2.23. The van der Waals surface area contributed by atoms with E-state index < -0.39 is 0 Å². The zero-order valence-electron chi connectivity index (χ0n) is 14.2. The predicted molar refractivity (Wildman–Crippen MR) is 98.0 cm³/mol. The molecule has 2 N–H and O–H groups in total. The largest absolute Gasteiger partial charge is 0.349 e. The smallest absolute Gasteiger partial charge is 0.255 e. The van der Waals surface area contributed by atoms with Crippen LogP contribution in [0.1, 0.15) is 57.5 Å².